The minimum atomic E-state index is -0.0180. The van der Waals surface area contributed by atoms with E-state index in [1.807, 2.05) is 85.1 Å². The second kappa shape index (κ2) is 6.96. The van der Waals surface area contributed by atoms with E-state index in [0.717, 1.165) is 44.0 Å². The fourth-order valence-electron chi connectivity index (χ4n) is 4.33. The van der Waals surface area contributed by atoms with Gasteiger partial charge in [0.25, 0.3) is 5.56 Å². The van der Waals surface area contributed by atoms with E-state index in [0.29, 0.717) is 12.0 Å². The summed E-state index contributed by atoms with van der Waals surface area (Å²) < 4.78 is 7.75. The van der Waals surface area contributed by atoms with E-state index in [4.69, 9.17) is 4.74 Å². The maximum Gasteiger partial charge on any atom is 0.263 e. The maximum absolute atomic E-state index is 13.3. The van der Waals surface area contributed by atoms with E-state index in [9.17, 15) is 4.79 Å². The van der Waals surface area contributed by atoms with Gasteiger partial charge in [-0.2, -0.15) is 0 Å². The number of nitrogens with zero attached hydrogens (tertiary/aromatic N) is 2. The van der Waals surface area contributed by atoms with Gasteiger partial charge in [0.2, 0.25) is 0 Å². The van der Waals surface area contributed by atoms with Crippen LogP contribution in [-0.4, -0.2) is 16.0 Å². The summed E-state index contributed by atoms with van der Waals surface area (Å²) in [6, 6.07) is 25.7. The minimum absolute atomic E-state index is 0.0180. The molecule has 3 aromatic heterocycles. The number of pyridine rings is 2. The molecule has 0 saturated carbocycles. The van der Waals surface area contributed by atoms with Crippen LogP contribution in [0, 0.1) is 0 Å². The maximum atomic E-state index is 13.3. The summed E-state index contributed by atoms with van der Waals surface area (Å²) in [5.74, 6) is 0.770. The van der Waals surface area contributed by atoms with Crippen molar-refractivity contribution in [2.45, 2.75) is 0 Å². The number of ether oxygens (including phenoxy) is 1. The standard InChI is InChI=1S/C27H18N2O2/c30-27-22-11-5-4-10-20(22)25-26-21(14-15-28-25)23-17-19(12-13-24(23)29(26)27)31-16-6-9-18-7-2-1-3-8-18/h1-15,17H,16H2. The Morgan fingerprint density at radius 1 is 0.839 bits per heavy atom. The molecule has 148 valence electrons. The first kappa shape index (κ1) is 17.7. The Hall–Kier alpha value is -4.18. The lowest BCUT2D eigenvalue weighted by Crippen LogP contribution is -2.13. The summed E-state index contributed by atoms with van der Waals surface area (Å²) in [5, 5.41) is 3.56. The summed E-state index contributed by atoms with van der Waals surface area (Å²) in [4.78, 5) is 17.9. The number of aromatic nitrogens is 2. The molecule has 4 heteroatoms. The monoisotopic (exact) mass is 402 g/mol. The van der Waals surface area contributed by atoms with Gasteiger partial charge in [-0.1, -0.05) is 54.6 Å². The summed E-state index contributed by atoms with van der Waals surface area (Å²) in [6.07, 6.45) is 5.85. The van der Waals surface area contributed by atoms with Gasteiger partial charge in [0.1, 0.15) is 12.4 Å². The van der Waals surface area contributed by atoms with E-state index in [1.54, 1.807) is 4.40 Å². The van der Waals surface area contributed by atoms with E-state index >= 15 is 0 Å². The van der Waals surface area contributed by atoms with Crippen molar-refractivity contribution in [3.8, 4) is 5.75 Å². The van der Waals surface area contributed by atoms with Gasteiger partial charge >= 0.3 is 0 Å². The van der Waals surface area contributed by atoms with Gasteiger partial charge < -0.3 is 4.74 Å². The molecule has 0 bridgehead atoms. The molecular formula is C27H18N2O2. The van der Waals surface area contributed by atoms with Crippen molar-refractivity contribution in [3.63, 3.8) is 0 Å². The van der Waals surface area contributed by atoms with Crippen LogP contribution < -0.4 is 10.3 Å². The first-order chi connectivity index (χ1) is 15.3. The van der Waals surface area contributed by atoms with Crippen LogP contribution in [0.5, 0.6) is 5.75 Å². The van der Waals surface area contributed by atoms with E-state index in [2.05, 4.69) is 17.1 Å². The molecule has 0 unspecified atom stereocenters. The number of hydrogen-bond donors (Lipinski definition) is 0. The van der Waals surface area contributed by atoms with Crippen molar-refractivity contribution >= 4 is 44.2 Å². The molecule has 0 radical (unpaired) electrons. The van der Waals surface area contributed by atoms with Crippen LogP contribution in [0.3, 0.4) is 0 Å². The highest BCUT2D eigenvalue weighted by atomic mass is 16.5. The third kappa shape index (κ3) is 2.76. The molecule has 0 aliphatic rings. The Kier molecular flexibility index (Phi) is 3.96. The number of hydrogen-bond acceptors (Lipinski definition) is 3. The third-order valence-corrected chi connectivity index (χ3v) is 5.72. The fraction of sp³-hybridized carbons (Fsp3) is 0.0370. The molecule has 0 aliphatic carbocycles. The summed E-state index contributed by atoms with van der Waals surface area (Å²) in [7, 11) is 0. The number of benzene rings is 3. The zero-order chi connectivity index (χ0) is 20.8. The molecule has 3 aromatic carbocycles. The topological polar surface area (TPSA) is 43.6 Å². The Morgan fingerprint density at radius 2 is 1.65 bits per heavy atom. The second-order valence-corrected chi connectivity index (χ2v) is 7.54. The van der Waals surface area contributed by atoms with Crippen LogP contribution in [-0.2, 0) is 0 Å². The molecular weight excluding hydrogens is 384 g/mol. The SMILES string of the molecule is O=c1c2ccccc2c2nccc3c4cc(OCC=Cc5ccccc5)ccc4n1c32. The van der Waals surface area contributed by atoms with E-state index in [1.165, 1.54) is 0 Å². The summed E-state index contributed by atoms with van der Waals surface area (Å²) in [6.45, 7) is 0.468. The molecule has 6 rings (SSSR count). The molecule has 0 aliphatic heterocycles. The van der Waals surface area contributed by atoms with Crippen LogP contribution >= 0.6 is 0 Å². The molecule has 4 nitrogen and oxygen atoms in total. The molecule has 31 heavy (non-hydrogen) atoms. The normalized spacial score (nSPS) is 12.0. The van der Waals surface area contributed by atoms with Gasteiger partial charge in [0, 0.05) is 27.7 Å². The predicted molar refractivity (Wildman–Crippen MR) is 126 cm³/mol. The number of fused-ring (bicyclic) bond motifs is 5. The average molecular weight is 402 g/mol. The zero-order valence-corrected chi connectivity index (χ0v) is 16.7. The zero-order valence-electron chi connectivity index (χ0n) is 16.7. The summed E-state index contributed by atoms with van der Waals surface area (Å²) in [5.41, 5.74) is 3.70. The molecule has 3 heterocycles. The first-order valence-corrected chi connectivity index (χ1v) is 10.2. The van der Waals surface area contributed by atoms with Gasteiger partial charge in [-0.05, 0) is 42.0 Å². The van der Waals surface area contributed by atoms with Gasteiger partial charge in [0.15, 0.2) is 0 Å². The van der Waals surface area contributed by atoms with Crippen molar-refractivity contribution in [1.29, 1.82) is 0 Å². The van der Waals surface area contributed by atoms with E-state index in [-0.39, 0.29) is 5.56 Å². The van der Waals surface area contributed by atoms with Crippen molar-refractivity contribution in [2.24, 2.45) is 0 Å². The first-order valence-electron chi connectivity index (χ1n) is 10.2. The lowest BCUT2D eigenvalue weighted by atomic mass is 10.1. The Bertz CT molecular complexity index is 1650. The largest absolute Gasteiger partial charge is 0.490 e. The van der Waals surface area contributed by atoms with Crippen molar-refractivity contribution in [1.82, 2.24) is 9.38 Å². The Labute approximate surface area is 178 Å². The molecule has 0 fully saturated rings. The smallest absolute Gasteiger partial charge is 0.263 e. The summed E-state index contributed by atoms with van der Waals surface area (Å²) >= 11 is 0. The molecule has 0 saturated heterocycles. The van der Waals surface area contributed by atoms with Crippen molar-refractivity contribution in [2.75, 3.05) is 6.61 Å². The second-order valence-electron chi connectivity index (χ2n) is 7.54. The number of rotatable bonds is 4. The van der Waals surface area contributed by atoms with Crippen LogP contribution in [0.1, 0.15) is 5.56 Å². The molecule has 0 amide bonds. The molecule has 0 N–H and O–H groups in total. The fourth-order valence-corrected chi connectivity index (χ4v) is 4.33. The van der Waals surface area contributed by atoms with Crippen LogP contribution in [0.4, 0.5) is 0 Å². The third-order valence-electron chi connectivity index (χ3n) is 5.72. The lowest BCUT2D eigenvalue weighted by Gasteiger charge is -2.05. The highest BCUT2D eigenvalue weighted by Crippen LogP contribution is 2.34. The highest BCUT2D eigenvalue weighted by Gasteiger charge is 2.17. The van der Waals surface area contributed by atoms with E-state index < -0.39 is 0 Å². The van der Waals surface area contributed by atoms with Crippen LogP contribution in [0.25, 0.3) is 44.2 Å². The van der Waals surface area contributed by atoms with Crippen LogP contribution in [0.15, 0.2) is 95.9 Å². The quantitative estimate of drug-likeness (QED) is 0.356. The Morgan fingerprint density at radius 3 is 2.52 bits per heavy atom. The molecule has 0 spiro atoms. The van der Waals surface area contributed by atoms with Gasteiger partial charge in [-0.25, -0.2) is 0 Å². The predicted octanol–water partition coefficient (Wildman–Crippen LogP) is 5.68. The highest BCUT2D eigenvalue weighted by molar-refractivity contribution is 6.18. The van der Waals surface area contributed by atoms with Crippen LogP contribution in [0.2, 0.25) is 0 Å². The molecule has 6 aromatic rings. The Balaban J connectivity index is 1.47. The lowest BCUT2D eigenvalue weighted by molar-refractivity contribution is 0.364. The van der Waals surface area contributed by atoms with Crippen molar-refractivity contribution < 1.29 is 4.74 Å². The average Bonchev–Trinajstić information content (AvgIpc) is 3.16. The van der Waals surface area contributed by atoms with Crippen molar-refractivity contribution in [3.05, 3.63) is 107 Å². The van der Waals surface area contributed by atoms with Gasteiger partial charge in [-0.15, -0.1) is 0 Å². The molecule has 0 atom stereocenters. The van der Waals surface area contributed by atoms with Gasteiger partial charge in [0.05, 0.1) is 16.6 Å². The van der Waals surface area contributed by atoms with Gasteiger partial charge in [-0.3, -0.25) is 14.2 Å². The minimum Gasteiger partial charge on any atom is -0.490 e.